The first kappa shape index (κ1) is 16.4. The lowest BCUT2D eigenvalue weighted by atomic mass is 10.3. The van der Waals surface area contributed by atoms with E-state index in [9.17, 15) is 14.9 Å². The van der Waals surface area contributed by atoms with E-state index in [1.54, 1.807) is 10.9 Å². The van der Waals surface area contributed by atoms with E-state index < -0.39 is 16.6 Å². The molecular weight excluding hydrogens is 380 g/mol. The van der Waals surface area contributed by atoms with Crippen molar-refractivity contribution in [3.8, 4) is 0 Å². The summed E-state index contributed by atoms with van der Waals surface area (Å²) in [5.74, 6) is -1.04. The number of nitro groups is 1. The molecule has 1 amide bonds. The van der Waals surface area contributed by atoms with E-state index in [4.69, 9.17) is 11.6 Å². The second-order valence-electron chi connectivity index (χ2n) is 4.43. The molecule has 0 aromatic carbocycles. The van der Waals surface area contributed by atoms with E-state index in [2.05, 4.69) is 31.2 Å². The van der Waals surface area contributed by atoms with Gasteiger partial charge in [0.05, 0.1) is 16.7 Å². The van der Waals surface area contributed by atoms with Crippen molar-refractivity contribution >= 4 is 39.3 Å². The molecular formula is C11H12BrClN6O3. The number of nitrogens with zero attached hydrogens (tertiary/aromatic N) is 5. The summed E-state index contributed by atoms with van der Waals surface area (Å²) < 4.78 is 2.50. The number of rotatable bonds is 5. The van der Waals surface area contributed by atoms with Crippen molar-refractivity contribution < 1.29 is 9.72 Å². The summed E-state index contributed by atoms with van der Waals surface area (Å²) in [5, 5.41) is 20.5. The first-order valence-electron chi connectivity index (χ1n) is 6.20. The number of carbonyl (C=O) groups is 1. The third-order valence-corrected chi connectivity index (χ3v) is 3.94. The first-order chi connectivity index (χ1) is 10.3. The summed E-state index contributed by atoms with van der Waals surface area (Å²) in [7, 11) is 1.54. The van der Waals surface area contributed by atoms with Crippen molar-refractivity contribution in [1.82, 2.24) is 24.9 Å². The Morgan fingerprint density at radius 1 is 1.64 bits per heavy atom. The molecule has 0 saturated carbocycles. The van der Waals surface area contributed by atoms with Gasteiger partial charge in [-0.25, -0.2) is 0 Å². The minimum atomic E-state index is -0.731. The Bertz CT molecular complexity index is 727. The zero-order valence-corrected chi connectivity index (χ0v) is 14.1. The van der Waals surface area contributed by atoms with Crippen LogP contribution in [0.25, 0.3) is 0 Å². The summed E-state index contributed by atoms with van der Waals surface area (Å²) in [6.45, 7) is 2.86. The van der Waals surface area contributed by atoms with Crippen LogP contribution >= 0.6 is 27.5 Å². The van der Waals surface area contributed by atoms with Crippen molar-refractivity contribution in [2.45, 2.75) is 20.0 Å². The average Bonchev–Trinajstić information content (AvgIpc) is 3.01. The van der Waals surface area contributed by atoms with Gasteiger partial charge in [-0.1, -0.05) is 16.7 Å². The standard InChI is InChI=1S/C11H12BrClN6O3/c1-3-18-4-6(12)7(16-18)5-17(2)11(20)9-8(13)10(15-14-9)19(21)22/h4H,3,5H2,1-2H3,(H,14,15). The van der Waals surface area contributed by atoms with E-state index in [1.807, 2.05) is 6.92 Å². The quantitative estimate of drug-likeness (QED) is 0.621. The van der Waals surface area contributed by atoms with Crippen LogP contribution in [-0.2, 0) is 13.1 Å². The van der Waals surface area contributed by atoms with Gasteiger partial charge in [0.25, 0.3) is 5.91 Å². The molecule has 0 spiro atoms. The van der Waals surface area contributed by atoms with Crippen molar-refractivity contribution in [2.75, 3.05) is 7.05 Å². The Balaban J connectivity index is 2.18. The molecule has 0 aliphatic carbocycles. The van der Waals surface area contributed by atoms with Crippen LogP contribution in [-0.4, -0.2) is 42.8 Å². The maximum atomic E-state index is 12.3. The van der Waals surface area contributed by atoms with Gasteiger partial charge in [-0.2, -0.15) is 5.10 Å². The lowest BCUT2D eigenvalue weighted by Crippen LogP contribution is -2.27. The minimum Gasteiger partial charge on any atom is -0.358 e. The normalized spacial score (nSPS) is 10.7. The maximum absolute atomic E-state index is 12.3. The van der Waals surface area contributed by atoms with E-state index in [-0.39, 0.29) is 17.3 Å². The minimum absolute atomic E-state index is 0.193. The topological polar surface area (TPSA) is 110 Å². The first-order valence-corrected chi connectivity index (χ1v) is 7.37. The molecule has 2 rings (SSSR count). The number of H-pyrrole nitrogens is 1. The van der Waals surface area contributed by atoms with Crippen LogP contribution in [0.5, 0.6) is 0 Å². The molecule has 1 N–H and O–H groups in total. The molecule has 0 bridgehead atoms. The third-order valence-electron chi connectivity index (χ3n) is 2.92. The highest BCUT2D eigenvalue weighted by Crippen LogP contribution is 2.26. The van der Waals surface area contributed by atoms with Crippen molar-refractivity contribution in [2.24, 2.45) is 0 Å². The predicted octanol–water partition coefficient (Wildman–Crippen LogP) is 2.22. The van der Waals surface area contributed by atoms with Gasteiger partial charge in [0.1, 0.15) is 0 Å². The molecule has 118 valence electrons. The highest BCUT2D eigenvalue weighted by atomic mass is 79.9. The Labute approximate surface area is 138 Å². The third kappa shape index (κ3) is 3.12. The van der Waals surface area contributed by atoms with Crippen molar-refractivity contribution in [3.63, 3.8) is 0 Å². The molecule has 0 unspecified atom stereocenters. The number of hydrogen-bond donors (Lipinski definition) is 1. The second kappa shape index (κ2) is 6.44. The van der Waals surface area contributed by atoms with Crippen LogP contribution in [0.3, 0.4) is 0 Å². The maximum Gasteiger partial charge on any atom is 0.362 e. The number of carbonyl (C=O) groups excluding carboxylic acids is 1. The van der Waals surface area contributed by atoms with Crippen molar-refractivity contribution in [3.05, 3.63) is 37.2 Å². The van der Waals surface area contributed by atoms with Crippen LogP contribution in [0.2, 0.25) is 5.02 Å². The lowest BCUT2D eigenvalue weighted by molar-refractivity contribution is -0.389. The van der Waals surface area contributed by atoms with Crippen molar-refractivity contribution in [1.29, 1.82) is 0 Å². The Hall–Kier alpha value is -1.94. The fraction of sp³-hybridized carbons (Fsp3) is 0.364. The fourth-order valence-corrected chi connectivity index (χ4v) is 2.44. The van der Waals surface area contributed by atoms with Gasteiger partial charge in [-0.15, -0.1) is 5.10 Å². The molecule has 0 radical (unpaired) electrons. The van der Waals surface area contributed by atoms with Crippen LogP contribution in [0, 0.1) is 10.1 Å². The van der Waals surface area contributed by atoms with Gasteiger partial charge in [-0.3, -0.25) is 9.48 Å². The number of hydrogen-bond acceptors (Lipinski definition) is 5. The molecule has 2 aromatic rings. The fourth-order valence-electron chi connectivity index (χ4n) is 1.77. The monoisotopic (exact) mass is 390 g/mol. The van der Waals surface area contributed by atoms with E-state index in [0.29, 0.717) is 12.2 Å². The van der Waals surface area contributed by atoms with Crippen LogP contribution in [0.4, 0.5) is 5.82 Å². The van der Waals surface area contributed by atoms with Gasteiger partial charge in [0, 0.05) is 19.8 Å². The van der Waals surface area contributed by atoms with E-state index >= 15 is 0 Å². The summed E-state index contributed by atoms with van der Waals surface area (Å²) in [5.41, 5.74) is 0.473. The molecule has 2 heterocycles. The Morgan fingerprint density at radius 3 is 2.82 bits per heavy atom. The SMILES string of the molecule is CCn1cc(Br)c(CN(C)C(=O)c2n[nH]c([N+](=O)[O-])c2Cl)n1. The van der Waals surface area contributed by atoms with Gasteiger partial charge < -0.3 is 15.0 Å². The Morgan fingerprint density at radius 2 is 2.32 bits per heavy atom. The zero-order valence-electron chi connectivity index (χ0n) is 11.7. The summed E-state index contributed by atoms with van der Waals surface area (Å²) in [6.07, 6.45) is 1.81. The van der Waals surface area contributed by atoms with Crippen LogP contribution in [0.1, 0.15) is 23.1 Å². The van der Waals surface area contributed by atoms with Gasteiger partial charge in [0.15, 0.2) is 10.7 Å². The molecule has 0 aliphatic rings. The smallest absolute Gasteiger partial charge is 0.358 e. The number of amides is 1. The zero-order chi connectivity index (χ0) is 16.4. The highest BCUT2D eigenvalue weighted by molar-refractivity contribution is 9.10. The predicted molar refractivity (Wildman–Crippen MR) is 81.7 cm³/mol. The second-order valence-corrected chi connectivity index (χ2v) is 5.66. The number of aromatic nitrogens is 4. The molecule has 0 fully saturated rings. The summed E-state index contributed by atoms with van der Waals surface area (Å²) in [4.78, 5) is 23.6. The largest absolute Gasteiger partial charge is 0.362 e. The Kier molecular flexibility index (Phi) is 4.81. The molecule has 11 heteroatoms. The highest BCUT2D eigenvalue weighted by Gasteiger charge is 2.27. The van der Waals surface area contributed by atoms with Gasteiger partial charge >= 0.3 is 5.82 Å². The number of aromatic amines is 1. The molecule has 0 saturated heterocycles. The molecule has 9 nitrogen and oxygen atoms in total. The number of halogens is 2. The van der Waals surface area contributed by atoms with Gasteiger partial charge in [-0.05, 0) is 27.8 Å². The lowest BCUT2D eigenvalue weighted by Gasteiger charge is -2.14. The summed E-state index contributed by atoms with van der Waals surface area (Å²) >= 11 is 9.18. The van der Waals surface area contributed by atoms with E-state index in [1.165, 1.54) is 11.9 Å². The van der Waals surface area contributed by atoms with Crippen LogP contribution < -0.4 is 0 Å². The molecule has 2 aromatic heterocycles. The number of nitrogens with one attached hydrogen (secondary N) is 1. The molecule has 0 atom stereocenters. The van der Waals surface area contributed by atoms with Crippen LogP contribution in [0.15, 0.2) is 10.7 Å². The average molecular weight is 392 g/mol. The number of aryl methyl sites for hydroxylation is 1. The van der Waals surface area contributed by atoms with Gasteiger partial charge in [0.2, 0.25) is 0 Å². The summed E-state index contributed by atoms with van der Waals surface area (Å²) in [6, 6.07) is 0. The molecule has 0 aliphatic heterocycles. The van der Waals surface area contributed by atoms with E-state index in [0.717, 1.165) is 4.47 Å². The molecule has 22 heavy (non-hydrogen) atoms.